The number of hydrogen-bond acceptors (Lipinski definition) is 6. The minimum absolute atomic E-state index is 0.0299. The molecule has 2 saturated heterocycles. The van der Waals surface area contributed by atoms with E-state index in [0.29, 0.717) is 38.2 Å². The van der Waals surface area contributed by atoms with Gasteiger partial charge in [0.2, 0.25) is 11.8 Å². The largest absolute Gasteiger partial charge is 0.379 e. The topological polar surface area (TPSA) is 83.1 Å². The lowest BCUT2D eigenvalue weighted by atomic mass is 10.1. The first-order valence-electron chi connectivity index (χ1n) is 9.92. The second-order valence-corrected chi connectivity index (χ2v) is 7.13. The Kier molecular flexibility index (Phi) is 7.50. The summed E-state index contributed by atoms with van der Waals surface area (Å²) in [7, 11) is 0. The number of hydrogen-bond donors (Lipinski definition) is 0. The molecule has 1 aromatic rings. The number of Topliss-reactive ketones (excluding diaryl/α,β-unsaturated/α-hetero) is 1. The first-order valence-corrected chi connectivity index (χ1v) is 9.92. The molecule has 1 aromatic heterocycles. The molecule has 0 spiro atoms. The molecule has 2 aliphatic rings. The van der Waals surface area contributed by atoms with Gasteiger partial charge in [0.25, 0.3) is 0 Å². The molecule has 28 heavy (non-hydrogen) atoms. The Bertz CT molecular complexity index is 668. The molecule has 8 nitrogen and oxygen atoms in total. The van der Waals surface area contributed by atoms with Gasteiger partial charge in [0, 0.05) is 83.0 Å². The highest BCUT2D eigenvalue weighted by molar-refractivity contribution is 5.97. The second-order valence-electron chi connectivity index (χ2n) is 7.13. The highest BCUT2D eigenvalue weighted by Crippen LogP contribution is 2.10. The van der Waals surface area contributed by atoms with Gasteiger partial charge in [0.1, 0.15) is 0 Å². The number of rotatable bonds is 7. The normalized spacial score (nSPS) is 18.1. The van der Waals surface area contributed by atoms with E-state index in [-0.39, 0.29) is 30.4 Å². The fourth-order valence-corrected chi connectivity index (χ4v) is 3.49. The summed E-state index contributed by atoms with van der Waals surface area (Å²) in [5.41, 5.74) is 0.533. The number of carbonyl (C=O) groups excluding carboxylic acids is 3. The van der Waals surface area contributed by atoms with Crippen molar-refractivity contribution in [3.05, 3.63) is 30.1 Å². The third-order valence-electron chi connectivity index (χ3n) is 5.28. The molecule has 8 heteroatoms. The van der Waals surface area contributed by atoms with Gasteiger partial charge in [-0.1, -0.05) is 0 Å². The van der Waals surface area contributed by atoms with E-state index in [1.54, 1.807) is 23.2 Å². The van der Waals surface area contributed by atoms with Gasteiger partial charge in [-0.3, -0.25) is 24.3 Å². The number of morpholine rings is 1. The van der Waals surface area contributed by atoms with Crippen LogP contribution in [-0.4, -0.2) is 96.3 Å². The van der Waals surface area contributed by atoms with Crippen molar-refractivity contribution < 1.29 is 19.1 Å². The van der Waals surface area contributed by atoms with Gasteiger partial charge < -0.3 is 14.5 Å². The van der Waals surface area contributed by atoms with Gasteiger partial charge in [-0.05, 0) is 12.1 Å². The Morgan fingerprint density at radius 1 is 0.893 bits per heavy atom. The number of ketones is 1. The quantitative estimate of drug-likeness (QED) is 0.631. The zero-order valence-corrected chi connectivity index (χ0v) is 16.2. The Hall–Kier alpha value is -2.32. The molecule has 2 fully saturated rings. The summed E-state index contributed by atoms with van der Waals surface area (Å²) in [6, 6.07) is 3.42. The van der Waals surface area contributed by atoms with Crippen molar-refractivity contribution in [1.82, 2.24) is 19.7 Å². The summed E-state index contributed by atoms with van der Waals surface area (Å²) in [5, 5.41) is 0. The number of aromatic nitrogens is 1. The Labute approximate surface area is 165 Å². The predicted molar refractivity (Wildman–Crippen MR) is 103 cm³/mol. The number of carbonyl (C=O) groups is 3. The van der Waals surface area contributed by atoms with Crippen LogP contribution in [0.2, 0.25) is 0 Å². The molecule has 152 valence electrons. The minimum atomic E-state index is -0.0709. The van der Waals surface area contributed by atoms with Gasteiger partial charge in [-0.2, -0.15) is 0 Å². The molecule has 3 heterocycles. The van der Waals surface area contributed by atoms with Gasteiger partial charge in [0.05, 0.1) is 13.2 Å². The lowest BCUT2D eigenvalue weighted by Crippen LogP contribution is -2.51. The van der Waals surface area contributed by atoms with Crippen LogP contribution < -0.4 is 0 Å². The summed E-state index contributed by atoms with van der Waals surface area (Å²) in [5.74, 6) is 0.0429. The minimum Gasteiger partial charge on any atom is -0.379 e. The smallest absolute Gasteiger partial charge is 0.223 e. The van der Waals surface area contributed by atoms with E-state index in [4.69, 9.17) is 4.74 Å². The molecule has 0 bridgehead atoms. The highest BCUT2D eigenvalue weighted by Gasteiger charge is 2.24. The summed E-state index contributed by atoms with van der Waals surface area (Å²) >= 11 is 0. The molecule has 0 atom stereocenters. The molecule has 0 unspecified atom stereocenters. The van der Waals surface area contributed by atoms with Crippen LogP contribution in [-0.2, 0) is 14.3 Å². The Morgan fingerprint density at radius 3 is 2.14 bits per heavy atom. The monoisotopic (exact) mass is 388 g/mol. The van der Waals surface area contributed by atoms with E-state index in [0.717, 1.165) is 32.8 Å². The second kappa shape index (κ2) is 10.3. The highest BCUT2D eigenvalue weighted by atomic mass is 16.5. The zero-order valence-electron chi connectivity index (χ0n) is 16.2. The molecular weight excluding hydrogens is 360 g/mol. The van der Waals surface area contributed by atoms with Crippen LogP contribution in [0.1, 0.15) is 29.6 Å². The summed E-state index contributed by atoms with van der Waals surface area (Å²) in [6.45, 7) is 6.18. The van der Waals surface area contributed by atoms with Gasteiger partial charge >= 0.3 is 0 Å². The maximum absolute atomic E-state index is 12.4. The molecule has 0 N–H and O–H groups in total. The van der Waals surface area contributed by atoms with Crippen LogP contribution in [0.4, 0.5) is 0 Å². The number of pyridine rings is 1. The average Bonchev–Trinajstić information content (AvgIpc) is 2.77. The standard InChI is InChI=1S/C20H28N4O4/c25-18(17-2-1-6-21-16-17)3-4-19(26)23-8-10-24(11-9-23)20(27)5-7-22-12-14-28-15-13-22/h1-2,6,16H,3-5,7-15H2. The van der Waals surface area contributed by atoms with E-state index < -0.39 is 0 Å². The van der Waals surface area contributed by atoms with E-state index >= 15 is 0 Å². The zero-order chi connectivity index (χ0) is 19.8. The molecular formula is C20H28N4O4. The van der Waals surface area contributed by atoms with E-state index in [1.807, 2.05) is 4.90 Å². The lowest BCUT2D eigenvalue weighted by Gasteiger charge is -2.35. The molecule has 0 radical (unpaired) electrons. The van der Waals surface area contributed by atoms with Crippen LogP contribution in [0.25, 0.3) is 0 Å². The molecule has 2 aliphatic heterocycles. The summed E-state index contributed by atoms with van der Waals surface area (Å²) in [6.07, 6.45) is 4.02. The SMILES string of the molecule is O=C(CCC(=O)N1CCN(C(=O)CCN2CCOCC2)CC1)c1cccnc1. The predicted octanol–water partition coefficient (Wildman–Crippen LogP) is 0.438. The van der Waals surface area contributed by atoms with Gasteiger partial charge in [0.15, 0.2) is 5.78 Å². The number of piperazine rings is 1. The van der Waals surface area contributed by atoms with Crippen LogP contribution in [0.3, 0.4) is 0 Å². The first kappa shape index (κ1) is 20.4. The van der Waals surface area contributed by atoms with Crippen molar-refractivity contribution in [1.29, 1.82) is 0 Å². The summed E-state index contributed by atoms with van der Waals surface area (Å²) < 4.78 is 5.32. The third kappa shape index (κ3) is 5.84. The maximum atomic E-state index is 12.4. The van der Waals surface area contributed by atoms with Crippen LogP contribution >= 0.6 is 0 Å². The number of amides is 2. The first-order chi connectivity index (χ1) is 13.6. The molecule has 0 aliphatic carbocycles. The van der Waals surface area contributed by atoms with Crippen LogP contribution in [0.5, 0.6) is 0 Å². The summed E-state index contributed by atoms with van der Waals surface area (Å²) in [4.78, 5) is 46.7. The van der Waals surface area contributed by atoms with E-state index in [1.165, 1.54) is 6.20 Å². The van der Waals surface area contributed by atoms with E-state index in [9.17, 15) is 14.4 Å². The third-order valence-corrected chi connectivity index (χ3v) is 5.28. The lowest BCUT2D eigenvalue weighted by molar-refractivity contribution is -0.139. The number of ether oxygens (including phenoxy) is 1. The fraction of sp³-hybridized carbons (Fsp3) is 0.600. The van der Waals surface area contributed by atoms with Crippen molar-refractivity contribution in [3.63, 3.8) is 0 Å². The van der Waals surface area contributed by atoms with Crippen molar-refractivity contribution in [2.24, 2.45) is 0 Å². The fourth-order valence-electron chi connectivity index (χ4n) is 3.49. The maximum Gasteiger partial charge on any atom is 0.223 e. The Balaban J connectivity index is 1.35. The van der Waals surface area contributed by atoms with Crippen molar-refractivity contribution in [3.8, 4) is 0 Å². The molecule has 0 saturated carbocycles. The van der Waals surface area contributed by atoms with Gasteiger partial charge in [-0.15, -0.1) is 0 Å². The molecule has 2 amide bonds. The molecule has 3 rings (SSSR count). The Morgan fingerprint density at radius 2 is 1.54 bits per heavy atom. The van der Waals surface area contributed by atoms with Crippen LogP contribution in [0.15, 0.2) is 24.5 Å². The van der Waals surface area contributed by atoms with E-state index in [2.05, 4.69) is 9.88 Å². The van der Waals surface area contributed by atoms with Crippen LogP contribution in [0, 0.1) is 0 Å². The van der Waals surface area contributed by atoms with Crippen molar-refractivity contribution in [2.45, 2.75) is 19.3 Å². The average molecular weight is 388 g/mol. The number of nitrogens with zero attached hydrogens (tertiary/aromatic N) is 4. The van der Waals surface area contributed by atoms with Crippen molar-refractivity contribution >= 4 is 17.6 Å². The molecule has 0 aromatic carbocycles. The van der Waals surface area contributed by atoms with Crippen molar-refractivity contribution in [2.75, 3.05) is 59.0 Å². The van der Waals surface area contributed by atoms with Gasteiger partial charge in [-0.25, -0.2) is 0 Å².